The molecule has 0 unspecified atom stereocenters. The SMILES string of the molecule is Cc1cc(C2CC2)nn1CC(N)=O. The van der Waals surface area contributed by atoms with E-state index in [0.717, 1.165) is 11.4 Å². The van der Waals surface area contributed by atoms with Crippen LogP contribution in [0.1, 0.15) is 30.1 Å². The third-order valence-electron chi connectivity index (χ3n) is 2.30. The Morgan fingerprint density at radius 1 is 1.77 bits per heavy atom. The molecule has 0 aliphatic heterocycles. The Hall–Kier alpha value is -1.32. The average molecular weight is 179 g/mol. The quantitative estimate of drug-likeness (QED) is 0.736. The van der Waals surface area contributed by atoms with Gasteiger partial charge in [-0.3, -0.25) is 9.48 Å². The van der Waals surface area contributed by atoms with Crippen molar-refractivity contribution in [1.29, 1.82) is 0 Å². The monoisotopic (exact) mass is 179 g/mol. The molecule has 2 N–H and O–H groups in total. The number of primary amides is 1. The molecule has 1 aromatic heterocycles. The Balaban J connectivity index is 2.19. The van der Waals surface area contributed by atoms with Crippen LogP contribution >= 0.6 is 0 Å². The molecular formula is C9H13N3O. The minimum absolute atomic E-state index is 0.193. The van der Waals surface area contributed by atoms with E-state index in [1.54, 1.807) is 4.68 Å². The first-order valence-electron chi connectivity index (χ1n) is 4.49. The molecule has 4 heteroatoms. The predicted molar refractivity (Wildman–Crippen MR) is 48.1 cm³/mol. The van der Waals surface area contributed by atoms with Crippen molar-refractivity contribution in [3.8, 4) is 0 Å². The number of nitrogens with two attached hydrogens (primary N) is 1. The normalized spacial score (nSPS) is 16.1. The van der Waals surface area contributed by atoms with Gasteiger partial charge in [0.2, 0.25) is 5.91 Å². The zero-order valence-corrected chi connectivity index (χ0v) is 7.66. The minimum Gasteiger partial charge on any atom is -0.368 e. The van der Waals surface area contributed by atoms with Crippen LogP contribution in [-0.2, 0) is 11.3 Å². The number of nitrogens with zero attached hydrogens (tertiary/aromatic N) is 2. The van der Waals surface area contributed by atoms with E-state index in [-0.39, 0.29) is 12.5 Å². The van der Waals surface area contributed by atoms with Gasteiger partial charge in [0.25, 0.3) is 0 Å². The molecule has 1 fully saturated rings. The van der Waals surface area contributed by atoms with Crippen molar-refractivity contribution >= 4 is 5.91 Å². The number of hydrogen-bond acceptors (Lipinski definition) is 2. The van der Waals surface area contributed by atoms with Crippen LogP contribution in [0.2, 0.25) is 0 Å². The number of carbonyl (C=O) groups excluding carboxylic acids is 1. The highest BCUT2D eigenvalue weighted by molar-refractivity contribution is 5.73. The number of carbonyl (C=O) groups is 1. The Morgan fingerprint density at radius 3 is 3.00 bits per heavy atom. The summed E-state index contributed by atoms with van der Waals surface area (Å²) in [5, 5.41) is 4.33. The van der Waals surface area contributed by atoms with Crippen LogP contribution in [0, 0.1) is 6.92 Å². The van der Waals surface area contributed by atoms with Crippen LogP contribution in [-0.4, -0.2) is 15.7 Å². The van der Waals surface area contributed by atoms with Crippen molar-refractivity contribution in [1.82, 2.24) is 9.78 Å². The molecule has 0 atom stereocenters. The van der Waals surface area contributed by atoms with Gasteiger partial charge in [-0.15, -0.1) is 0 Å². The van der Waals surface area contributed by atoms with Crippen molar-refractivity contribution in [3.63, 3.8) is 0 Å². The van der Waals surface area contributed by atoms with Crippen LogP contribution in [0.25, 0.3) is 0 Å². The van der Waals surface area contributed by atoms with Gasteiger partial charge in [-0.2, -0.15) is 5.10 Å². The first-order valence-corrected chi connectivity index (χ1v) is 4.49. The Morgan fingerprint density at radius 2 is 2.46 bits per heavy atom. The van der Waals surface area contributed by atoms with Crippen molar-refractivity contribution in [3.05, 3.63) is 17.5 Å². The molecule has 1 heterocycles. The third kappa shape index (κ3) is 1.71. The summed E-state index contributed by atoms with van der Waals surface area (Å²) in [6, 6.07) is 2.04. The largest absolute Gasteiger partial charge is 0.368 e. The lowest BCUT2D eigenvalue weighted by Crippen LogP contribution is -2.20. The van der Waals surface area contributed by atoms with Crippen LogP contribution < -0.4 is 5.73 Å². The highest BCUT2D eigenvalue weighted by atomic mass is 16.1. The van der Waals surface area contributed by atoms with Crippen LogP contribution in [0.15, 0.2) is 6.07 Å². The predicted octanol–water partition coefficient (Wildman–Crippen LogP) is 0.554. The maximum atomic E-state index is 10.7. The van der Waals surface area contributed by atoms with Crippen LogP contribution in [0.4, 0.5) is 0 Å². The van der Waals surface area contributed by atoms with Gasteiger partial charge in [0.05, 0.1) is 5.69 Å². The fourth-order valence-corrected chi connectivity index (χ4v) is 1.42. The molecule has 1 amide bonds. The number of amides is 1. The summed E-state index contributed by atoms with van der Waals surface area (Å²) in [5.41, 5.74) is 7.22. The van der Waals surface area contributed by atoms with E-state index in [9.17, 15) is 4.79 Å². The van der Waals surface area contributed by atoms with Gasteiger partial charge >= 0.3 is 0 Å². The molecule has 1 saturated carbocycles. The molecule has 70 valence electrons. The summed E-state index contributed by atoms with van der Waals surface area (Å²) in [6.07, 6.45) is 2.46. The number of rotatable bonds is 3. The summed E-state index contributed by atoms with van der Waals surface area (Å²) in [4.78, 5) is 10.7. The summed E-state index contributed by atoms with van der Waals surface area (Å²) in [7, 11) is 0. The maximum Gasteiger partial charge on any atom is 0.239 e. The molecule has 0 bridgehead atoms. The van der Waals surface area contributed by atoms with Gasteiger partial charge in [-0.05, 0) is 25.8 Å². The van der Waals surface area contributed by atoms with Crippen molar-refractivity contribution < 1.29 is 4.79 Å². The van der Waals surface area contributed by atoms with Gasteiger partial charge in [0.1, 0.15) is 6.54 Å². The first kappa shape index (κ1) is 8.29. The van der Waals surface area contributed by atoms with Crippen molar-refractivity contribution in [2.75, 3.05) is 0 Å². The van der Waals surface area contributed by atoms with Gasteiger partial charge in [-0.1, -0.05) is 0 Å². The second-order valence-electron chi connectivity index (χ2n) is 3.61. The Labute approximate surface area is 76.7 Å². The summed E-state index contributed by atoms with van der Waals surface area (Å²) >= 11 is 0. The van der Waals surface area contributed by atoms with Gasteiger partial charge in [0, 0.05) is 11.6 Å². The highest BCUT2D eigenvalue weighted by Gasteiger charge is 2.26. The number of hydrogen-bond donors (Lipinski definition) is 1. The summed E-state index contributed by atoms with van der Waals surface area (Å²) in [5.74, 6) is 0.293. The number of aryl methyl sites for hydroxylation is 1. The van der Waals surface area contributed by atoms with Crippen molar-refractivity contribution in [2.24, 2.45) is 5.73 Å². The van der Waals surface area contributed by atoms with Crippen molar-refractivity contribution in [2.45, 2.75) is 32.2 Å². The van der Waals surface area contributed by atoms with Gasteiger partial charge in [-0.25, -0.2) is 0 Å². The molecule has 1 aliphatic carbocycles. The Kier molecular flexibility index (Phi) is 1.83. The summed E-state index contributed by atoms with van der Waals surface area (Å²) in [6.45, 7) is 2.14. The van der Waals surface area contributed by atoms with E-state index in [1.807, 2.05) is 13.0 Å². The van der Waals surface area contributed by atoms with E-state index < -0.39 is 0 Å². The van der Waals surface area contributed by atoms with E-state index >= 15 is 0 Å². The zero-order valence-electron chi connectivity index (χ0n) is 7.66. The molecular weight excluding hydrogens is 166 g/mol. The molecule has 13 heavy (non-hydrogen) atoms. The van der Waals surface area contributed by atoms with E-state index in [4.69, 9.17) is 5.73 Å². The standard InChI is InChI=1S/C9H13N3O/c1-6-4-8(7-2-3-7)11-12(6)5-9(10)13/h4,7H,2-3,5H2,1H3,(H2,10,13). The molecule has 0 aromatic carbocycles. The fourth-order valence-electron chi connectivity index (χ4n) is 1.42. The number of aromatic nitrogens is 2. The minimum atomic E-state index is -0.339. The third-order valence-corrected chi connectivity index (χ3v) is 2.30. The molecule has 2 rings (SSSR count). The van der Waals surface area contributed by atoms with Gasteiger partial charge in [0.15, 0.2) is 0 Å². The second-order valence-corrected chi connectivity index (χ2v) is 3.61. The van der Waals surface area contributed by atoms with Crippen LogP contribution in [0.3, 0.4) is 0 Å². The lowest BCUT2D eigenvalue weighted by atomic mass is 10.3. The lowest BCUT2D eigenvalue weighted by molar-refractivity contribution is -0.118. The molecule has 1 aliphatic rings. The van der Waals surface area contributed by atoms with Crippen LogP contribution in [0.5, 0.6) is 0 Å². The summed E-state index contributed by atoms with van der Waals surface area (Å²) < 4.78 is 1.68. The van der Waals surface area contributed by atoms with E-state index in [1.165, 1.54) is 12.8 Å². The van der Waals surface area contributed by atoms with Gasteiger partial charge < -0.3 is 5.73 Å². The molecule has 0 radical (unpaired) electrons. The zero-order chi connectivity index (χ0) is 9.42. The fraction of sp³-hybridized carbons (Fsp3) is 0.556. The lowest BCUT2D eigenvalue weighted by Gasteiger charge is -1.98. The first-order chi connectivity index (χ1) is 6.16. The Bertz CT molecular complexity index is 339. The topological polar surface area (TPSA) is 60.9 Å². The smallest absolute Gasteiger partial charge is 0.239 e. The molecule has 0 spiro atoms. The highest BCUT2D eigenvalue weighted by Crippen LogP contribution is 2.39. The molecule has 1 aromatic rings. The molecule has 4 nitrogen and oxygen atoms in total. The van der Waals surface area contributed by atoms with E-state index in [0.29, 0.717) is 5.92 Å². The molecule has 0 saturated heterocycles. The maximum absolute atomic E-state index is 10.7. The second kappa shape index (κ2) is 2.87. The van der Waals surface area contributed by atoms with E-state index in [2.05, 4.69) is 5.10 Å². The average Bonchev–Trinajstić information content (AvgIpc) is 2.79.